The normalized spacial score (nSPS) is 16.2. The largest absolute Gasteiger partial charge is 0.416 e. The van der Waals surface area contributed by atoms with Crippen LogP contribution in [0.5, 0.6) is 0 Å². The maximum atomic E-state index is 15.3. The topological polar surface area (TPSA) is 80.4 Å². The Morgan fingerprint density at radius 3 is 2.51 bits per heavy atom. The molecule has 2 heterocycles. The number of rotatable bonds is 8. The number of carbonyl (C=O) groups is 1. The Labute approximate surface area is 227 Å². The fraction of sp³-hybridized carbons (Fsp3) is 0.429. The smallest absolute Gasteiger partial charge is 0.367 e. The first-order valence-corrected chi connectivity index (χ1v) is 14.0. The van der Waals surface area contributed by atoms with E-state index in [1.54, 1.807) is 13.0 Å². The molecule has 2 aromatic carbocycles. The van der Waals surface area contributed by atoms with E-state index in [0.29, 0.717) is 47.1 Å². The number of aryl methyl sites for hydroxylation is 1. The van der Waals surface area contributed by atoms with Crippen molar-refractivity contribution in [2.24, 2.45) is 5.73 Å². The molecule has 1 saturated heterocycles. The van der Waals surface area contributed by atoms with Crippen molar-refractivity contribution in [2.45, 2.75) is 43.3 Å². The summed E-state index contributed by atoms with van der Waals surface area (Å²) in [6.07, 6.45) is -1.74. The minimum absolute atomic E-state index is 0.0763. The molecule has 0 amide bonds. The molecule has 2 fully saturated rings. The highest BCUT2D eigenvalue weighted by Gasteiger charge is 2.33. The fourth-order valence-corrected chi connectivity index (χ4v) is 6.06. The number of pyridine rings is 1. The standard InChI is InChI=1S/C28H30F4N4O2S/c1-16-10-18(28(30,31)32)11-17(27(16)39-9-4-33)12-25(37)21-15-36(19-2-3-19)23-14-24(35-7-5-34-6-8-35)22(29)13-20(23)26(21)38/h10-11,13-15,19,34H,2-9,12,33H2,1H3. The van der Waals surface area contributed by atoms with Crippen LogP contribution in [0, 0.1) is 12.7 Å². The first-order chi connectivity index (χ1) is 18.6. The highest BCUT2D eigenvalue weighted by molar-refractivity contribution is 7.99. The van der Waals surface area contributed by atoms with Crippen LogP contribution >= 0.6 is 11.8 Å². The summed E-state index contributed by atoms with van der Waals surface area (Å²) < 4.78 is 57.9. The molecular formula is C28H30F4N4O2S. The molecule has 0 bridgehead atoms. The summed E-state index contributed by atoms with van der Waals surface area (Å²) in [4.78, 5) is 29.5. The molecule has 11 heteroatoms. The van der Waals surface area contributed by atoms with Crippen LogP contribution in [0.15, 0.2) is 40.2 Å². The van der Waals surface area contributed by atoms with E-state index in [-0.39, 0.29) is 29.0 Å². The Bertz CT molecular complexity index is 1480. The van der Waals surface area contributed by atoms with Crippen molar-refractivity contribution in [1.29, 1.82) is 0 Å². The van der Waals surface area contributed by atoms with Crippen molar-refractivity contribution >= 4 is 34.1 Å². The van der Waals surface area contributed by atoms with E-state index in [1.807, 2.05) is 9.47 Å². The van der Waals surface area contributed by atoms with Crippen LogP contribution in [0.4, 0.5) is 23.2 Å². The highest BCUT2D eigenvalue weighted by Crippen LogP contribution is 2.39. The summed E-state index contributed by atoms with van der Waals surface area (Å²) in [6.45, 7) is 4.59. The molecule has 1 saturated carbocycles. The molecule has 208 valence electrons. The number of halogens is 4. The van der Waals surface area contributed by atoms with Crippen LogP contribution in [0.1, 0.15) is 45.9 Å². The summed E-state index contributed by atoms with van der Waals surface area (Å²) in [7, 11) is 0. The van der Waals surface area contributed by atoms with Crippen molar-refractivity contribution in [3.8, 4) is 0 Å². The molecule has 1 aliphatic heterocycles. The lowest BCUT2D eigenvalue weighted by molar-refractivity contribution is -0.137. The number of nitrogens with two attached hydrogens (primary N) is 1. The number of fused-ring (bicyclic) bond motifs is 1. The van der Waals surface area contributed by atoms with E-state index >= 15 is 4.39 Å². The molecule has 0 atom stereocenters. The second-order valence-corrected chi connectivity index (χ2v) is 11.2. The van der Waals surface area contributed by atoms with E-state index in [1.165, 1.54) is 24.0 Å². The highest BCUT2D eigenvalue weighted by atomic mass is 32.2. The zero-order valence-electron chi connectivity index (χ0n) is 21.5. The molecule has 1 aliphatic carbocycles. The average Bonchev–Trinajstić information content (AvgIpc) is 3.74. The summed E-state index contributed by atoms with van der Waals surface area (Å²) in [5.41, 5.74) is 5.57. The van der Waals surface area contributed by atoms with Gasteiger partial charge in [0.05, 0.1) is 22.3 Å². The molecule has 0 spiro atoms. The van der Waals surface area contributed by atoms with Gasteiger partial charge < -0.3 is 20.5 Å². The number of Topliss-reactive ketones (excluding diaryl/α,β-unsaturated/α-hetero) is 1. The van der Waals surface area contributed by atoms with Gasteiger partial charge >= 0.3 is 6.18 Å². The third-order valence-electron chi connectivity index (χ3n) is 7.19. The van der Waals surface area contributed by atoms with Crippen LogP contribution in [0.3, 0.4) is 0 Å². The molecule has 0 radical (unpaired) electrons. The maximum absolute atomic E-state index is 15.3. The van der Waals surface area contributed by atoms with Gasteiger partial charge in [-0.3, -0.25) is 9.59 Å². The Balaban J connectivity index is 1.58. The first-order valence-electron chi connectivity index (χ1n) is 13.0. The number of hydrogen-bond acceptors (Lipinski definition) is 6. The summed E-state index contributed by atoms with van der Waals surface area (Å²) in [6, 6.07) is 4.99. The lowest BCUT2D eigenvalue weighted by atomic mass is 9.98. The van der Waals surface area contributed by atoms with E-state index in [9.17, 15) is 22.8 Å². The first kappa shape index (κ1) is 27.7. The Morgan fingerprint density at radius 1 is 1.15 bits per heavy atom. The van der Waals surface area contributed by atoms with Crippen molar-refractivity contribution < 1.29 is 22.4 Å². The van der Waals surface area contributed by atoms with Gasteiger partial charge in [0.1, 0.15) is 5.82 Å². The molecule has 1 aromatic heterocycles. The predicted molar refractivity (Wildman–Crippen MR) is 146 cm³/mol. The fourth-order valence-electron chi connectivity index (χ4n) is 5.14. The van der Waals surface area contributed by atoms with Gasteiger partial charge in [0, 0.05) is 67.4 Å². The maximum Gasteiger partial charge on any atom is 0.416 e. The van der Waals surface area contributed by atoms with Gasteiger partial charge in [-0.2, -0.15) is 13.2 Å². The van der Waals surface area contributed by atoms with Gasteiger partial charge in [-0.15, -0.1) is 11.8 Å². The SMILES string of the molecule is Cc1cc(C(F)(F)F)cc(CC(=O)c2cn(C3CC3)c3cc(N4CCNCC4)c(F)cc3c2=O)c1SCCN. The molecule has 2 aliphatic rings. The monoisotopic (exact) mass is 562 g/mol. The predicted octanol–water partition coefficient (Wildman–Crippen LogP) is 4.69. The third kappa shape index (κ3) is 5.71. The number of aromatic nitrogens is 1. The number of anilines is 1. The second-order valence-electron chi connectivity index (χ2n) is 10.1. The van der Waals surface area contributed by atoms with E-state index in [0.717, 1.165) is 38.1 Å². The van der Waals surface area contributed by atoms with Crippen molar-refractivity contribution in [1.82, 2.24) is 9.88 Å². The molecule has 39 heavy (non-hydrogen) atoms. The number of thioether (sulfide) groups is 1. The number of hydrogen-bond donors (Lipinski definition) is 2. The van der Waals surface area contributed by atoms with Crippen LogP contribution in [-0.4, -0.2) is 48.8 Å². The van der Waals surface area contributed by atoms with Crippen molar-refractivity contribution in [3.63, 3.8) is 0 Å². The number of alkyl halides is 3. The minimum atomic E-state index is -4.58. The number of nitrogens with one attached hydrogen (secondary N) is 1. The number of piperazine rings is 1. The van der Waals surface area contributed by atoms with E-state index in [2.05, 4.69) is 5.32 Å². The van der Waals surface area contributed by atoms with Crippen molar-refractivity contribution in [3.05, 3.63) is 68.8 Å². The van der Waals surface area contributed by atoms with E-state index < -0.39 is 28.8 Å². The minimum Gasteiger partial charge on any atom is -0.367 e. The van der Waals surface area contributed by atoms with E-state index in [4.69, 9.17) is 5.73 Å². The van der Waals surface area contributed by atoms with Crippen LogP contribution in [0.25, 0.3) is 10.9 Å². The number of benzene rings is 2. The Morgan fingerprint density at radius 2 is 1.87 bits per heavy atom. The quantitative estimate of drug-likeness (QED) is 0.236. The Hall–Kier alpha value is -2.89. The molecule has 0 unspecified atom stereocenters. The van der Waals surface area contributed by atoms with Gasteiger partial charge in [-0.25, -0.2) is 4.39 Å². The number of ketones is 1. The van der Waals surface area contributed by atoms with Crippen LogP contribution in [0.2, 0.25) is 0 Å². The van der Waals surface area contributed by atoms with Gasteiger partial charge in [-0.1, -0.05) is 0 Å². The number of carbonyl (C=O) groups excluding carboxylic acids is 1. The summed E-state index contributed by atoms with van der Waals surface area (Å²) in [5.74, 6) is -0.675. The lowest BCUT2D eigenvalue weighted by Crippen LogP contribution is -2.43. The molecule has 3 N–H and O–H groups in total. The van der Waals surface area contributed by atoms with Gasteiger partial charge in [-0.05, 0) is 55.2 Å². The van der Waals surface area contributed by atoms with Crippen molar-refractivity contribution in [2.75, 3.05) is 43.4 Å². The third-order valence-corrected chi connectivity index (χ3v) is 8.51. The molecule has 3 aromatic rings. The number of nitrogens with zero attached hydrogens (tertiary/aromatic N) is 2. The van der Waals surface area contributed by atoms with Gasteiger partial charge in [0.25, 0.3) is 0 Å². The van der Waals surface area contributed by atoms with Gasteiger partial charge in [0.15, 0.2) is 11.2 Å². The molecular weight excluding hydrogens is 532 g/mol. The molecule has 6 nitrogen and oxygen atoms in total. The van der Waals surface area contributed by atoms with Gasteiger partial charge in [0.2, 0.25) is 0 Å². The average molecular weight is 563 g/mol. The lowest BCUT2D eigenvalue weighted by Gasteiger charge is -2.30. The second kappa shape index (κ2) is 10.9. The Kier molecular flexibility index (Phi) is 7.76. The zero-order chi connectivity index (χ0) is 27.9. The summed E-state index contributed by atoms with van der Waals surface area (Å²) in [5, 5.41) is 3.33. The van der Waals surface area contributed by atoms with Crippen LogP contribution in [-0.2, 0) is 12.6 Å². The zero-order valence-corrected chi connectivity index (χ0v) is 22.4. The molecule has 5 rings (SSSR count). The van der Waals surface area contributed by atoms with Crippen LogP contribution < -0.4 is 21.4 Å². The summed E-state index contributed by atoms with van der Waals surface area (Å²) >= 11 is 1.29.